The third kappa shape index (κ3) is 1.50. The first-order chi connectivity index (χ1) is 10.4. The Bertz CT molecular complexity index is 1010. The Labute approximate surface area is 124 Å². The number of hydrogen-bond donors (Lipinski definition) is 0. The van der Waals surface area contributed by atoms with E-state index in [9.17, 15) is 0 Å². The molecule has 0 aromatic heterocycles. The van der Waals surface area contributed by atoms with Gasteiger partial charge in [-0.15, -0.1) is 0 Å². The Morgan fingerprint density at radius 2 is 1.38 bits per heavy atom. The average Bonchev–Trinajstić information content (AvgIpc) is 2.55. The maximum atomic E-state index is 2.42. The van der Waals surface area contributed by atoms with Crippen molar-refractivity contribution in [3.05, 3.63) is 71.8 Å². The Morgan fingerprint density at radius 3 is 2.38 bits per heavy atom. The van der Waals surface area contributed by atoms with Crippen molar-refractivity contribution >= 4 is 32.3 Å². The zero-order valence-corrected chi connectivity index (χ0v) is 11.9. The van der Waals surface area contributed by atoms with Crippen LogP contribution in [-0.4, -0.2) is 0 Å². The highest BCUT2D eigenvalue weighted by Gasteiger charge is 2.15. The summed E-state index contributed by atoms with van der Waals surface area (Å²) < 4.78 is 0. The topological polar surface area (TPSA) is 0 Å². The number of fused-ring (bicyclic) bond motifs is 4. The number of hydrogen-bond acceptors (Lipinski definition) is 0. The molecule has 0 spiro atoms. The van der Waals surface area contributed by atoms with E-state index < -0.39 is 0 Å². The summed E-state index contributed by atoms with van der Waals surface area (Å²) in [5, 5.41) is 8.49. The van der Waals surface area contributed by atoms with Crippen molar-refractivity contribution in [2.24, 2.45) is 0 Å². The zero-order chi connectivity index (χ0) is 13.8. The van der Waals surface area contributed by atoms with Crippen LogP contribution < -0.4 is 0 Å². The molecule has 0 saturated heterocycles. The van der Waals surface area contributed by atoms with Crippen LogP contribution in [0.1, 0.15) is 17.5 Å². The van der Waals surface area contributed by atoms with Crippen molar-refractivity contribution < 1.29 is 0 Å². The lowest BCUT2D eigenvalue weighted by Gasteiger charge is -2.19. The fourth-order valence-electron chi connectivity index (χ4n) is 4.03. The Morgan fingerprint density at radius 1 is 0.571 bits per heavy atom. The van der Waals surface area contributed by atoms with E-state index in [0.717, 1.165) is 0 Å². The van der Waals surface area contributed by atoms with Crippen LogP contribution in [0.15, 0.2) is 60.7 Å². The SMILES string of the molecule is c1ccc2c(c1)ccc1cc3c4c(cccc4c12)CCC3. The van der Waals surface area contributed by atoms with Crippen molar-refractivity contribution in [3.63, 3.8) is 0 Å². The maximum absolute atomic E-state index is 2.42. The van der Waals surface area contributed by atoms with Crippen molar-refractivity contribution in [3.8, 4) is 0 Å². The predicted molar refractivity (Wildman–Crippen MR) is 91.0 cm³/mol. The molecule has 0 nitrogen and oxygen atoms in total. The summed E-state index contributed by atoms with van der Waals surface area (Å²) >= 11 is 0. The molecule has 0 aliphatic heterocycles. The van der Waals surface area contributed by atoms with Gasteiger partial charge in [-0.1, -0.05) is 60.7 Å². The number of benzene rings is 4. The lowest BCUT2D eigenvalue weighted by Crippen LogP contribution is -2.01. The second-order valence-corrected chi connectivity index (χ2v) is 6.11. The van der Waals surface area contributed by atoms with Crippen LogP contribution in [0.3, 0.4) is 0 Å². The maximum Gasteiger partial charge on any atom is -0.00265 e. The summed E-state index contributed by atoms with van der Waals surface area (Å²) in [5.41, 5.74) is 3.07. The first kappa shape index (κ1) is 11.3. The van der Waals surface area contributed by atoms with Gasteiger partial charge in [0.05, 0.1) is 0 Å². The minimum atomic E-state index is 1.22. The van der Waals surface area contributed by atoms with Gasteiger partial charge in [-0.2, -0.15) is 0 Å². The standard InChI is InChI=1S/C21H16/c1-2-9-18-14(5-1)11-12-17-13-16-8-3-6-15-7-4-10-19(20(15)16)21(17)18/h1-2,4-5,7,9-13H,3,6,8H2. The summed E-state index contributed by atoms with van der Waals surface area (Å²) in [7, 11) is 0. The molecule has 0 saturated carbocycles. The van der Waals surface area contributed by atoms with Gasteiger partial charge in [0.15, 0.2) is 0 Å². The first-order valence-corrected chi connectivity index (χ1v) is 7.77. The van der Waals surface area contributed by atoms with Crippen LogP contribution in [0.5, 0.6) is 0 Å². The van der Waals surface area contributed by atoms with Crippen LogP contribution in [0.4, 0.5) is 0 Å². The Kier molecular flexibility index (Phi) is 2.20. The van der Waals surface area contributed by atoms with E-state index in [4.69, 9.17) is 0 Å². The third-order valence-corrected chi connectivity index (χ3v) is 4.92. The molecule has 0 unspecified atom stereocenters. The molecule has 4 aromatic carbocycles. The molecule has 0 radical (unpaired) electrons. The largest absolute Gasteiger partial charge is 0.0616 e. The van der Waals surface area contributed by atoms with E-state index in [-0.39, 0.29) is 0 Å². The van der Waals surface area contributed by atoms with Gasteiger partial charge in [0.1, 0.15) is 0 Å². The Hall–Kier alpha value is -2.34. The van der Waals surface area contributed by atoms with E-state index in [1.807, 2.05) is 0 Å². The van der Waals surface area contributed by atoms with Gasteiger partial charge in [-0.25, -0.2) is 0 Å². The van der Waals surface area contributed by atoms with E-state index >= 15 is 0 Å². The normalized spacial score (nSPS) is 14.1. The molecule has 0 heteroatoms. The smallest absolute Gasteiger partial charge is 0.00265 e. The lowest BCUT2D eigenvalue weighted by atomic mass is 9.85. The average molecular weight is 268 g/mol. The van der Waals surface area contributed by atoms with Crippen LogP contribution >= 0.6 is 0 Å². The summed E-state index contributed by atoms with van der Waals surface area (Å²) in [6, 6.07) is 22.6. The molecular formula is C21H16. The quantitative estimate of drug-likeness (QED) is 0.362. The van der Waals surface area contributed by atoms with Gasteiger partial charge in [-0.3, -0.25) is 0 Å². The predicted octanol–water partition coefficient (Wildman–Crippen LogP) is 5.63. The molecule has 5 rings (SSSR count). The highest BCUT2D eigenvalue weighted by molar-refractivity contribution is 6.21. The summed E-state index contributed by atoms with van der Waals surface area (Å²) in [6.07, 6.45) is 3.72. The van der Waals surface area contributed by atoms with Crippen molar-refractivity contribution in [1.29, 1.82) is 0 Å². The van der Waals surface area contributed by atoms with Crippen molar-refractivity contribution in [2.75, 3.05) is 0 Å². The fraction of sp³-hybridized carbons (Fsp3) is 0.143. The Balaban J connectivity index is 2.12. The highest BCUT2D eigenvalue weighted by atomic mass is 14.2. The molecular weight excluding hydrogens is 252 g/mol. The van der Waals surface area contributed by atoms with Crippen LogP contribution in [-0.2, 0) is 12.8 Å². The number of aryl methyl sites for hydroxylation is 2. The van der Waals surface area contributed by atoms with Gasteiger partial charge in [-0.05, 0) is 62.7 Å². The minimum absolute atomic E-state index is 1.22. The minimum Gasteiger partial charge on any atom is -0.0616 e. The van der Waals surface area contributed by atoms with E-state index in [1.165, 1.54) is 62.7 Å². The lowest BCUT2D eigenvalue weighted by molar-refractivity contribution is 0.809. The molecule has 21 heavy (non-hydrogen) atoms. The molecule has 0 heterocycles. The second kappa shape index (κ2) is 4.08. The van der Waals surface area contributed by atoms with Crippen LogP contribution in [0.2, 0.25) is 0 Å². The van der Waals surface area contributed by atoms with Crippen LogP contribution in [0, 0.1) is 0 Å². The molecule has 1 aliphatic rings. The van der Waals surface area contributed by atoms with Gasteiger partial charge >= 0.3 is 0 Å². The molecule has 0 atom stereocenters. The molecule has 1 aliphatic carbocycles. The summed E-state index contributed by atoms with van der Waals surface area (Å²) in [5.74, 6) is 0. The molecule has 0 bridgehead atoms. The van der Waals surface area contributed by atoms with Gasteiger partial charge in [0.25, 0.3) is 0 Å². The zero-order valence-electron chi connectivity index (χ0n) is 11.9. The number of rotatable bonds is 0. The molecule has 4 aromatic rings. The van der Waals surface area contributed by atoms with E-state index in [2.05, 4.69) is 60.7 Å². The van der Waals surface area contributed by atoms with Gasteiger partial charge in [0, 0.05) is 0 Å². The van der Waals surface area contributed by atoms with Gasteiger partial charge in [0.2, 0.25) is 0 Å². The van der Waals surface area contributed by atoms with Crippen molar-refractivity contribution in [2.45, 2.75) is 19.3 Å². The second-order valence-electron chi connectivity index (χ2n) is 6.11. The monoisotopic (exact) mass is 268 g/mol. The third-order valence-electron chi connectivity index (χ3n) is 4.92. The molecule has 100 valence electrons. The van der Waals surface area contributed by atoms with E-state index in [1.54, 1.807) is 0 Å². The van der Waals surface area contributed by atoms with Gasteiger partial charge < -0.3 is 0 Å². The molecule has 0 fully saturated rings. The summed E-state index contributed by atoms with van der Waals surface area (Å²) in [4.78, 5) is 0. The summed E-state index contributed by atoms with van der Waals surface area (Å²) in [6.45, 7) is 0. The first-order valence-electron chi connectivity index (χ1n) is 7.77. The highest BCUT2D eigenvalue weighted by Crippen LogP contribution is 2.38. The van der Waals surface area contributed by atoms with E-state index in [0.29, 0.717) is 0 Å². The fourth-order valence-corrected chi connectivity index (χ4v) is 4.03. The van der Waals surface area contributed by atoms with Crippen LogP contribution in [0.25, 0.3) is 32.3 Å². The molecule has 0 amide bonds. The van der Waals surface area contributed by atoms with Crippen molar-refractivity contribution in [1.82, 2.24) is 0 Å². The molecule has 0 N–H and O–H groups in total.